The summed E-state index contributed by atoms with van der Waals surface area (Å²) in [6.07, 6.45) is 6.38. The number of carbonyl (C=O) groups excluding carboxylic acids is 1. The first-order chi connectivity index (χ1) is 8.81. The molecule has 0 spiro atoms. The van der Waals surface area contributed by atoms with Crippen LogP contribution in [-0.4, -0.2) is 30.2 Å². The summed E-state index contributed by atoms with van der Waals surface area (Å²) < 4.78 is 5.31. The highest BCUT2D eigenvalue weighted by Gasteiger charge is 2.29. The first-order valence-electron chi connectivity index (χ1n) is 6.50. The van der Waals surface area contributed by atoms with Gasteiger partial charge in [0.1, 0.15) is 6.10 Å². The maximum atomic E-state index is 11.8. The number of nitrogens with zero attached hydrogens (tertiary/aromatic N) is 1. The van der Waals surface area contributed by atoms with E-state index in [9.17, 15) is 4.79 Å². The molecular weight excluding hydrogens is 246 g/mol. The van der Waals surface area contributed by atoms with Gasteiger partial charge in [-0.1, -0.05) is 11.6 Å². The molecule has 1 aromatic rings. The monoisotopic (exact) mass is 263 g/mol. The van der Waals surface area contributed by atoms with Gasteiger partial charge in [-0.25, -0.2) is 4.79 Å². The molecule has 2 aliphatic rings. The minimum Gasteiger partial charge on any atom is -0.446 e. The standard InChI is InChI=1S/C14H17NO2S/c16-14(17-12-3-4-12)15-7-5-11(6-8-15)10-13-2-1-9-18-13/h1-2,9-10,12H,3-8H2. The Morgan fingerprint density at radius 3 is 2.78 bits per heavy atom. The van der Waals surface area contributed by atoms with E-state index >= 15 is 0 Å². The predicted octanol–water partition coefficient (Wildman–Crippen LogP) is 3.53. The molecule has 2 fully saturated rings. The summed E-state index contributed by atoms with van der Waals surface area (Å²) in [5, 5.41) is 2.09. The fourth-order valence-corrected chi connectivity index (χ4v) is 2.80. The summed E-state index contributed by atoms with van der Waals surface area (Å²) in [5.74, 6) is 0. The lowest BCUT2D eigenvalue weighted by atomic mass is 10.0. The Balaban J connectivity index is 1.52. The predicted molar refractivity (Wildman–Crippen MR) is 72.6 cm³/mol. The highest BCUT2D eigenvalue weighted by atomic mass is 32.1. The van der Waals surface area contributed by atoms with Crippen molar-refractivity contribution in [3.63, 3.8) is 0 Å². The third-order valence-corrected chi connectivity index (χ3v) is 4.16. The van der Waals surface area contributed by atoms with Crippen LogP contribution >= 0.6 is 11.3 Å². The van der Waals surface area contributed by atoms with E-state index in [1.54, 1.807) is 11.3 Å². The summed E-state index contributed by atoms with van der Waals surface area (Å²) in [4.78, 5) is 14.9. The molecule has 1 aromatic heterocycles. The number of thiophene rings is 1. The molecule has 0 bridgehead atoms. The van der Waals surface area contributed by atoms with Gasteiger partial charge in [0.15, 0.2) is 0 Å². The van der Waals surface area contributed by atoms with Gasteiger partial charge >= 0.3 is 6.09 Å². The summed E-state index contributed by atoms with van der Waals surface area (Å²) in [5.41, 5.74) is 1.44. The number of hydrogen-bond donors (Lipinski definition) is 0. The zero-order valence-corrected chi connectivity index (χ0v) is 11.1. The molecule has 0 atom stereocenters. The second-order valence-electron chi connectivity index (χ2n) is 4.89. The topological polar surface area (TPSA) is 29.5 Å². The lowest BCUT2D eigenvalue weighted by Gasteiger charge is -2.27. The van der Waals surface area contributed by atoms with Crippen molar-refractivity contribution < 1.29 is 9.53 Å². The largest absolute Gasteiger partial charge is 0.446 e. The van der Waals surface area contributed by atoms with Crippen molar-refractivity contribution in [3.8, 4) is 0 Å². The average molecular weight is 263 g/mol. The van der Waals surface area contributed by atoms with E-state index in [1.165, 1.54) is 10.5 Å². The van der Waals surface area contributed by atoms with Crippen molar-refractivity contribution in [2.75, 3.05) is 13.1 Å². The first kappa shape index (κ1) is 11.8. The van der Waals surface area contributed by atoms with Crippen LogP contribution in [0.25, 0.3) is 6.08 Å². The quantitative estimate of drug-likeness (QED) is 0.817. The van der Waals surface area contributed by atoms with Crippen LogP contribution in [-0.2, 0) is 4.74 Å². The molecule has 2 heterocycles. The molecule has 0 unspecified atom stereocenters. The van der Waals surface area contributed by atoms with Crippen molar-refractivity contribution in [2.45, 2.75) is 31.8 Å². The van der Waals surface area contributed by atoms with E-state index in [0.717, 1.165) is 38.8 Å². The Kier molecular flexibility index (Phi) is 3.37. The minimum absolute atomic E-state index is 0.118. The van der Waals surface area contributed by atoms with E-state index < -0.39 is 0 Å². The van der Waals surface area contributed by atoms with Crippen LogP contribution < -0.4 is 0 Å². The molecule has 1 amide bonds. The maximum absolute atomic E-state index is 11.8. The zero-order valence-electron chi connectivity index (χ0n) is 10.3. The maximum Gasteiger partial charge on any atom is 0.410 e. The Morgan fingerprint density at radius 1 is 1.39 bits per heavy atom. The van der Waals surface area contributed by atoms with E-state index in [0.29, 0.717) is 0 Å². The Hall–Kier alpha value is -1.29. The van der Waals surface area contributed by atoms with E-state index in [2.05, 4.69) is 23.6 Å². The van der Waals surface area contributed by atoms with E-state index in [1.807, 2.05) is 4.90 Å². The van der Waals surface area contributed by atoms with Gasteiger partial charge in [-0.3, -0.25) is 0 Å². The Labute approximate surface area is 111 Å². The summed E-state index contributed by atoms with van der Waals surface area (Å²) in [6, 6.07) is 4.20. The third kappa shape index (κ3) is 2.93. The van der Waals surface area contributed by atoms with Crippen LogP contribution in [0.5, 0.6) is 0 Å². The second-order valence-corrected chi connectivity index (χ2v) is 5.87. The van der Waals surface area contributed by atoms with Gasteiger partial charge < -0.3 is 9.64 Å². The molecule has 1 saturated carbocycles. The molecule has 4 heteroatoms. The van der Waals surface area contributed by atoms with Crippen molar-refractivity contribution in [1.82, 2.24) is 4.90 Å². The average Bonchev–Trinajstić information content (AvgIpc) is 3.04. The molecule has 1 saturated heterocycles. The van der Waals surface area contributed by atoms with Gasteiger partial charge in [0.05, 0.1) is 0 Å². The van der Waals surface area contributed by atoms with Crippen molar-refractivity contribution in [2.24, 2.45) is 0 Å². The van der Waals surface area contributed by atoms with Gasteiger partial charge in [-0.2, -0.15) is 0 Å². The summed E-state index contributed by atoms with van der Waals surface area (Å²) in [7, 11) is 0. The number of ether oxygens (including phenoxy) is 1. The lowest BCUT2D eigenvalue weighted by Crippen LogP contribution is -2.37. The molecule has 0 aromatic carbocycles. The number of rotatable bonds is 2. The van der Waals surface area contributed by atoms with Crippen molar-refractivity contribution >= 4 is 23.5 Å². The number of hydrogen-bond acceptors (Lipinski definition) is 3. The molecule has 0 radical (unpaired) electrons. The van der Waals surface area contributed by atoms with Gasteiger partial charge in [0.25, 0.3) is 0 Å². The van der Waals surface area contributed by atoms with Crippen molar-refractivity contribution in [3.05, 3.63) is 28.0 Å². The highest BCUT2D eigenvalue weighted by molar-refractivity contribution is 7.10. The third-order valence-electron chi connectivity index (χ3n) is 3.35. The molecule has 0 N–H and O–H groups in total. The van der Waals surface area contributed by atoms with Crippen LogP contribution in [0.15, 0.2) is 23.1 Å². The van der Waals surface area contributed by atoms with Crippen LogP contribution in [0.4, 0.5) is 4.79 Å². The van der Waals surface area contributed by atoms with Crippen LogP contribution in [0.1, 0.15) is 30.6 Å². The normalized spacial score (nSPS) is 19.8. The SMILES string of the molecule is O=C(OC1CC1)N1CCC(=Cc2cccs2)CC1. The number of amides is 1. The number of carbonyl (C=O) groups is 1. The fourth-order valence-electron chi connectivity index (χ4n) is 2.10. The molecule has 18 heavy (non-hydrogen) atoms. The van der Waals surface area contributed by atoms with Crippen LogP contribution in [0.3, 0.4) is 0 Å². The smallest absolute Gasteiger partial charge is 0.410 e. The minimum atomic E-state index is -0.118. The van der Waals surface area contributed by atoms with E-state index in [4.69, 9.17) is 4.74 Å². The second kappa shape index (κ2) is 5.14. The highest BCUT2D eigenvalue weighted by Crippen LogP contribution is 2.26. The first-order valence-corrected chi connectivity index (χ1v) is 7.38. The van der Waals surface area contributed by atoms with Crippen LogP contribution in [0.2, 0.25) is 0 Å². The molecule has 1 aliphatic heterocycles. The Morgan fingerprint density at radius 2 is 2.17 bits per heavy atom. The van der Waals surface area contributed by atoms with Crippen molar-refractivity contribution in [1.29, 1.82) is 0 Å². The molecular formula is C14H17NO2S. The van der Waals surface area contributed by atoms with Gasteiger partial charge in [0, 0.05) is 18.0 Å². The molecule has 1 aliphatic carbocycles. The van der Waals surface area contributed by atoms with Gasteiger partial charge in [-0.05, 0) is 43.2 Å². The lowest BCUT2D eigenvalue weighted by molar-refractivity contribution is 0.0933. The van der Waals surface area contributed by atoms with Gasteiger partial charge in [0.2, 0.25) is 0 Å². The summed E-state index contributed by atoms with van der Waals surface area (Å²) >= 11 is 1.76. The molecule has 96 valence electrons. The van der Waals surface area contributed by atoms with Gasteiger partial charge in [-0.15, -0.1) is 11.3 Å². The van der Waals surface area contributed by atoms with Crippen LogP contribution in [0, 0.1) is 0 Å². The number of likely N-dealkylation sites (tertiary alicyclic amines) is 1. The Bertz CT molecular complexity index is 438. The molecule has 3 rings (SSSR count). The van der Waals surface area contributed by atoms with E-state index in [-0.39, 0.29) is 12.2 Å². The molecule has 3 nitrogen and oxygen atoms in total. The fraction of sp³-hybridized carbons (Fsp3) is 0.500. The number of piperidine rings is 1. The summed E-state index contributed by atoms with van der Waals surface area (Å²) in [6.45, 7) is 1.59. The zero-order chi connectivity index (χ0) is 12.4.